The maximum absolute atomic E-state index is 11.6. The molecular weight excluding hydrogens is 258 g/mol. The third kappa shape index (κ3) is 6.26. The Morgan fingerprint density at radius 2 is 1.80 bits per heavy atom. The number of carboxylic acids is 1. The number of aliphatic carboxylic acids is 1. The Morgan fingerprint density at radius 3 is 2.30 bits per heavy atom. The molecule has 0 spiro atoms. The average Bonchev–Trinajstić information content (AvgIpc) is 2.26. The molecular formula is C15H27NO4. The van der Waals surface area contributed by atoms with Gasteiger partial charge in [0.15, 0.2) is 0 Å². The standard InChI is InChI=1S/C15H27NO4/c1-14(2,3)20-13(19)16-10-9-15(11-12(17)18)7-5-4-6-8-15/h4-11H2,1-3H3,(H,16,19)(H,17,18). The first-order valence-corrected chi connectivity index (χ1v) is 7.41. The van der Waals surface area contributed by atoms with Crippen LogP contribution in [-0.2, 0) is 9.53 Å². The Morgan fingerprint density at radius 1 is 1.20 bits per heavy atom. The van der Waals surface area contributed by atoms with Crippen LogP contribution in [0.1, 0.15) is 65.7 Å². The summed E-state index contributed by atoms with van der Waals surface area (Å²) in [5.41, 5.74) is -0.660. The van der Waals surface area contributed by atoms with Crippen LogP contribution in [0.2, 0.25) is 0 Å². The second-order valence-corrected chi connectivity index (χ2v) is 6.81. The molecule has 1 aliphatic rings. The number of carboxylic acid groups (broad SMARTS) is 1. The lowest BCUT2D eigenvalue weighted by Gasteiger charge is -2.36. The lowest BCUT2D eigenvalue weighted by atomic mass is 9.69. The minimum Gasteiger partial charge on any atom is -0.481 e. The van der Waals surface area contributed by atoms with Gasteiger partial charge in [0.1, 0.15) is 5.60 Å². The summed E-state index contributed by atoms with van der Waals surface area (Å²) in [4.78, 5) is 22.6. The normalized spacial score (nSPS) is 18.4. The van der Waals surface area contributed by atoms with Gasteiger partial charge in [-0.2, -0.15) is 0 Å². The summed E-state index contributed by atoms with van der Waals surface area (Å²) in [6, 6.07) is 0. The predicted octanol–water partition coefficient (Wildman–Crippen LogP) is 3.33. The van der Waals surface area contributed by atoms with Crippen LogP contribution in [-0.4, -0.2) is 29.3 Å². The smallest absolute Gasteiger partial charge is 0.407 e. The monoisotopic (exact) mass is 285 g/mol. The van der Waals surface area contributed by atoms with Crippen molar-refractivity contribution in [3.8, 4) is 0 Å². The second-order valence-electron chi connectivity index (χ2n) is 6.81. The molecule has 0 bridgehead atoms. The van der Waals surface area contributed by atoms with E-state index in [2.05, 4.69) is 5.32 Å². The number of alkyl carbamates (subject to hydrolysis) is 1. The van der Waals surface area contributed by atoms with Crippen molar-refractivity contribution < 1.29 is 19.4 Å². The molecule has 1 aliphatic carbocycles. The first-order chi connectivity index (χ1) is 9.22. The van der Waals surface area contributed by atoms with Gasteiger partial charge in [0, 0.05) is 6.54 Å². The second kappa shape index (κ2) is 6.95. The molecule has 0 atom stereocenters. The van der Waals surface area contributed by atoms with Gasteiger partial charge in [-0.05, 0) is 45.4 Å². The quantitative estimate of drug-likeness (QED) is 0.812. The number of carbonyl (C=O) groups is 2. The molecule has 1 rings (SSSR count). The zero-order valence-corrected chi connectivity index (χ0v) is 12.8. The van der Waals surface area contributed by atoms with E-state index in [1.165, 1.54) is 6.42 Å². The van der Waals surface area contributed by atoms with Crippen molar-refractivity contribution in [1.29, 1.82) is 0 Å². The van der Waals surface area contributed by atoms with E-state index >= 15 is 0 Å². The summed E-state index contributed by atoms with van der Waals surface area (Å²) in [6.07, 6.45) is 5.70. The largest absolute Gasteiger partial charge is 0.481 e. The van der Waals surface area contributed by atoms with Crippen LogP contribution in [0.25, 0.3) is 0 Å². The number of nitrogens with one attached hydrogen (secondary N) is 1. The van der Waals surface area contributed by atoms with Gasteiger partial charge in [-0.1, -0.05) is 19.3 Å². The Labute approximate surface area is 121 Å². The minimum absolute atomic E-state index is 0.154. The molecule has 1 saturated carbocycles. The van der Waals surface area contributed by atoms with Gasteiger partial charge in [0.2, 0.25) is 0 Å². The summed E-state index contributed by atoms with van der Waals surface area (Å²) in [7, 11) is 0. The van der Waals surface area contributed by atoms with E-state index in [1.54, 1.807) is 0 Å². The SMILES string of the molecule is CC(C)(C)OC(=O)NCCC1(CC(=O)O)CCCCC1. The fraction of sp³-hybridized carbons (Fsp3) is 0.867. The molecule has 20 heavy (non-hydrogen) atoms. The molecule has 2 N–H and O–H groups in total. The zero-order valence-electron chi connectivity index (χ0n) is 12.8. The van der Waals surface area contributed by atoms with Crippen molar-refractivity contribution in [2.24, 2.45) is 5.41 Å². The molecule has 0 aliphatic heterocycles. The van der Waals surface area contributed by atoms with E-state index in [4.69, 9.17) is 9.84 Å². The Balaban J connectivity index is 2.43. The number of hydrogen-bond donors (Lipinski definition) is 2. The maximum Gasteiger partial charge on any atom is 0.407 e. The highest BCUT2D eigenvalue weighted by Crippen LogP contribution is 2.42. The van der Waals surface area contributed by atoms with Gasteiger partial charge < -0.3 is 15.2 Å². The molecule has 5 heteroatoms. The number of hydrogen-bond acceptors (Lipinski definition) is 3. The third-order valence-electron chi connectivity index (χ3n) is 3.76. The summed E-state index contributed by atoms with van der Waals surface area (Å²) < 4.78 is 5.17. The molecule has 5 nitrogen and oxygen atoms in total. The molecule has 0 radical (unpaired) electrons. The number of carbonyl (C=O) groups excluding carboxylic acids is 1. The highest BCUT2D eigenvalue weighted by atomic mass is 16.6. The number of ether oxygens (including phenoxy) is 1. The van der Waals surface area contributed by atoms with E-state index in [-0.39, 0.29) is 11.8 Å². The number of rotatable bonds is 5. The molecule has 0 saturated heterocycles. The number of amides is 1. The minimum atomic E-state index is -0.746. The molecule has 1 amide bonds. The van der Waals surface area contributed by atoms with Crippen molar-refractivity contribution in [2.75, 3.05) is 6.54 Å². The van der Waals surface area contributed by atoms with Crippen molar-refractivity contribution >= 4 is 12.1 Å². The van der Waals surface area contributed by atoms with E-state index in [9.17, 15) is 9.59 Å². The molecule has 0 aromatic heterocycles. The topological polar surface area (TPSA) is 75.6 Å². The molecule has 0 heterocycles. The van der Waals surface area contributed by atoms with Crippen molar-refractivity contribution in [1.82, 2.24) is 5.32 Å². The van der Waals surface area contributed by atoms with Crippen LogP contribution in [0.15, 0.2) is 0 Å². The van der Waals surface area contributed by atoms with Crippen LogP contribution in [0.5, 0.6) is 0 Å². The lowest BCUT2D eigenvalue weighted by Crippen LogP contribution is -2.36. The fourth-order valence-corrected chi connectivity index (χ4v) is 2.88. The first-order valence-electron chi connectivity index (χ1n) is 7.41. The Kier molecular flexibility index (Phi) is 5.84. The fourth-order valence-electron chi connectivity index (χ4n) is 2.88. The summed E-state index contributed by atoms with van der Waals surface area (Å²) >= 11 is 0. The molecule has 116 valence electrons. The van der Waals surface area contributed by atoms with Crippen LogP contribution < -0.4 is 5.32 Å². The maximum atomic E-state index is 11.6. The highest BCUT2D eigenvalue weighted by Gasteiger charge is 2.34. The van der Waals surface area contributed by atoms with Gasteiger partial charge in [-0.15, -0.1) is 0 Å². The van der Waals surface area contributed by atoms with E-state index in [0.29, 0.717) is 13.0 Å². The Bertz CT molecular complexity index is 340. The average molecular weight is 285 g/mol. The van der Waals surface area contributed by atoms with E-state index in [1.807, 2.05) is 20.8 Å². The molecule has 0 unspecified atom stereocenters. The van der Waals surface area contributed by atoms with Crippen LogP contribution in [0.4, 0.5) is 4.79 Å². The summed E-state index contributed by atoms with van der Waals surface area (Å²) in [6.45, 7) is 5.93. The third-order valence-corrected chi connectivity index (χ3v) is 3.76. The molecule has 0 aromatic rings. The van der Waals surface area contributed by atoms with E-state index in [0.717, 1.165) is 25.7 Å². The van der Waals surface area contributed by atoms with Crippen LogP contribution >= 0.6 is 0 Å². The Hall–Kier alpha value is -1.26. The van der Waals surface area contributed by atoms with Gasteiger partial charge in [0.25, 0.3) is 0 Å². The van der Waals surface area contributed by atoms with Crippen molar-refractivity contribution in [3.63, 3.8) is 0 Å². The van der Waals surface area contributed by atoms with Crippen molar-refractivity contribution in [3.05, 3.63) is 0 Å². The summed E-state index contributed by atoms with van der Waals surface area (Å²) in [5.74, 6) is -0.746. The van der Waals surface area contributed by atoms with Gasteiger partial charge in [0.05, 0.1) is 6.42 Å². The first kappa shape index (κ1) is 16.8. The van der Waals surface area contributed by atoms with E-state index < -0.39 is 17.7 Å². The predicted molar refractivity (Wildman–Crippen MR) is 76.6 cm³/mol. The lowest BCUT2D eigenvalue weighted by molar-refractivity contribution is -0.140. The molecule has 0 aromatic carbocycles. The van der Waals surface area contributed by atoms with Crippen molar-refractivity contribution in [2.45, 2.75) is 71.3 Å². The zero-order chi connectivity index (χ0) is 15.2. The van der Waals surface area contributed by atoms with Gasteiger partial charge in [-0.25, -0.2) is 4.79 Å². The van der Waals surface area contributed by atoms with Crippen LogP contribution in [0.3, 0.4) is 0 Å². The molecule has 1 fully saturated rings. The highest BCUT2D eigenvalue weighted by molar-refractivity contribution is 5.68. The van der Waals surface area contributed by atoms with Gasteiger partial charge >= 0.3 is 12.1 Å². The van der Waals surface area contributed by atoms with Gasteiger partial charge in [-0.3, -0.25) is 4.79 Å². The summed E-state index contributed by atoms with van der Waals surface area (Å²) in [5, 5.41) is 11.8. The van der Waals surface area contributed by atoms with Crippen LogP contribution in [0, 0.1) is 5.41 Å².